The highest BCUT2D eigenvalue weighted by molar-refractivity contribution is 14.0. The number of guanidine groups is 1. The molecular formula is C21H28Cl2IN3O3. The van der Waals surface area contributed by atoms with E-state index in [2.05, 4.69) is 15.6 Å². The Labute approximate surface area is 205 Å². The van der Waals surface area contributed by atoms with E-state index in [0.29, 0.717) is 34.0 Å². The number of methoxy groups -OCH3 is 1. The van der Waals surface area contributed by atoms with Gasteiger partial charge in [-0.05, 0) is 49.2 Å². The van der Waals surface area contributed by atoms with Gasteiger partial charge in [-0.1, -0.05) is 35.3 Å². The van der Waals surface area contributed by atoms with Crippen LogP contribution in [0.2, 0.25) is 10.0 Å². The second kappa shape index (κ2) is 13.8. The summed E-state index contributed by atoms with van der Waals surface area (Å²) in [5.41, 5.74) is 1.90. The Hall–Kier alpha value is -1.42. The molecule has 0 aliphatic heterocycles. The van der Waals surface area contributed by atoms with Crippen molar-refractivity contribution in [3.63, 3.8) is 0 Å². The van der Waals surface area contributed by atoms with Crippen molar-refractivity contribution in [2.45, 2.75) is 26.4 Å². The number of nitrogens with zero attached hydrogens (tertiary/aromatic N) is 1. The number of halogens is 3. The molecule has 0 amide bonds. The number of aliphatic hydroxyl groups is 1. The molecule has 1 atom stereocenters. The van der Waals surface area contributed by atoms with Gasteiger partial charge in [0.25, 0.3) is 0 Å². The largest absolute Gasteiger partial charge is 0.493 e. The van der Waals surface area contributed by atoms with Crippen LogP contribution in [0.1, 0.15) is 31.0 Å². The van der Waals surface area contributed by atoms with Crippen LogP contribution in [0.15, 0.2) is 41.4 Å². The predicted octanol–water partition coefficient (Wildman–Crippen LogP) is 4.81. The van der Waals surface area contributed by atoms with E-state index >= 15 is 0 Å². The Morgan fingerprint density at radius 2 is 1.93 bits per heavy atom. The lowest BCUT2D eigenvalue weighted by Gasteiger charge is -2.19. The molecule has 0 radical (unpaired) electrons. The zero-order chi connectivity index (χ0) is 21.2. The van der Waals surface area contributed by atoms with E-state index in [4.69, 9.17) is 37.8 Å². The molecule has 1 unspecified atom stereocenters. The minimum atomic E-state index is -0.0543. The van der Waals surface area contributed by atoms with Crippen molar-refractivity contribution in [3.05, 3.63) is 57.6 Å². The Morgan fingerprint density at radius 3 is 2.57 bits per heavy atom. The lowest BCUT2D eigenvalue weighted by molar-refractivity contribution is 0.196. The molecule has 0 saturated heterocycles. The maximum atomic E-state index is 8.91. The van der Waals surface area contributed by atoms with Crippen molar-refractivity contribution in [2.75, 3.05) is 26.9 Å². The van der Waals surface area contributed by atoms with Gasteiger partial charge in [-0.3, -0.25) is 0 Å². The highest BCUT2D eigenvalue weighted by Gasteiger charge is 2.12. The second-order valence-corrected chi connectivity index (χ2v) is 7.13. The highest BCUT2D eigenvalue weighted by Crippen LogP contribution is 2.28. The topological polar surface area (TPSA) is 75.1 Å². The zero-order valence-electron chi connectivity index (χ0n) is 17.2. The molecule has 0 aliphatic carbocycles. The van der Waals surface area contributed by atoms with Gasteiger partial charge in [0, 0.05) is 16.6 Å². The van der Waals surface area contributed by atoms with Crippen molar-refractivity contribution >= 4 is 53.1 Å². The molecule has 166 valence electrons. The van der Waals surface area contributed by atoms with E-state index in [0.717, 1.165) is 17.7 Å². The smallest absolute Gasteiger partial charge is 0.192 e. The molecule has 2 rings (SSSR count). The fraction of sp³-hybridized carbons (Fsp3) is 0.381. The first-order valence-corrected chi connectivity index (χ1v) is 10.1. The number of hydrogen-bond acceptors (Lipinski definition) is 4. The highest BCUT2D eigenvalue weighted by atomic mass is 127. The molecule has 0 spiro atoms. The quantitative estimate of drug-likeness (QED) is 0.230. The number of benzene rings is 2. The molecule has 3 N–H and O–H groups in total. The summed E-state index contributed by atoms with van der Waals surface area (Å²) in [6, 6.07) is 11.0. The first kappa shape index (κ1) is 26.6. The molecule has 0 heterocycles. The lowest BCUT2D eigenvalue weighted by atomic mass is 10.1. The molecule has 0 saturated carbocycles. The minimum Gasteiger partial charge on any atom is -0.493 e. The Morgan fingerprint density at radius 1 is 1.17 bits per heavy atom. The van der Waals surface area contributed by atoms with Crippen LogP contribution in [0.3, 0.4) is 0 Å². The molecule has 0 fully saturated rings. The number of hydrogen-bond donors (Lipinski definition) is 3. The lowest BCUT2D eigenvalue weighted by Crippen LogP contribution is -2.38. The van der Waals surface area contributed by atoms with Gasteiger partial charge in [-0.2, -0.15) is 0 Å². The van der Waals surface area contributed by atoms with Crippen LogP contribution in [0.5, 0.6) is 11.5 Å². The van der Waals surface area contributed by atoms with Crippen LogP contribution in [0, 0.1) is 0 Å². The summed E-state index contributed by atoms with van der Waals surface area (Å²) in [4.78, 5) is 4.65. The van der Waals surface area contributed by atoms with E-state index in [1.165, 1.54) is 0 Å². The van der Waals surface area contributed by atoms with Crippen molar-refractivity contribution in [3.8, 4) is 11.5 Å². The van der Waals surface area contributed by atoms with Gasteiger partial charge in [0.05, 0.1) is 26.3 Å². The summed E-state index contributed by atoms with van der Waals surface area (Å²) in [5.74, 6) is 1.86. The summed E-state index contributed by atoms with van der Waals surface area (Å²) in [5, 5.41) is 16.7. The van der Waals surface area contributed by atoms with Crippen LogP contribution >= 0.6 is 47.2 Å². The van der Waals surface area contributed by atoms with Gasteiger partial charge in [0.15, 0.2) is 17.5 Å². The van der Waals surface area contributed by atoms with Crippen LogP contribution < -0.4 is 20.1 Å². The summed E-state index contributed by atoms with van der Waals surface area (Å²) in [6.45, 7) is 5.36. The SMILES string of the molecule is CCNC(=NCc1ccc(OCCO)c(OC)c1)NC(C)c1ccc(Cl)cc1Cl.I. The van der Waals surface area contributed by atoms with Crippen LogP contribution in [0.4, 0.5) is 0 Å². The fourth-order valence-electron chi connectivity index (χ4n) is 2.71. The molecule has 2 aromatic carbocycles. The average molecular weight is 568 g/mol. The number of aliphatic imine (C=N–C) groups is 1. The van der Waals surface area contributed by atoms with Crippen molar-refractivity contribution in [2.24, 2.45) is 4.99 Å². The number of aliphatic hydroxyl groups excluding tert-OH is 1. The van der Waals surface area contributed by atoms with Crippen molar-refractivity contribution in [1.82, 2.24) is 10.6 Å². The van der Waals surface area contributed by atoms with Gasteiger partial charge in [-0.15, -0.1) is 24.0 Å². The van der Waals surface area contributed by atoms with Crippen molar-refractivity contribution < 1.29 is 14.6 Å². The van der Waals surface area contributed by atoms with Gasteiger partial charge in [0.1, 0.15) is 6.61 Å². The van der Waals surface area contributed by atoms with Gasteiger partial charge in [-0.25, -0.2) is 4.99 Å². The molecule has 0 aliphatic rings. The molecule has 2 aromatic rings. The van der Waals surface area contributed by atoms with Crippen LogP contribution in [-0.4, -0.2) is 37.9 Å². The van der Waals surface area contributed by atoms with E-state index < -0.39 is 0 Å². The Bertz CT molecular complexity index is 837. The molecule has 30 heavy (non-hydrogen) atoms. The van der Waals surface area contributed by atoms with E-state index in [1.807, 2.05) is 44.2 Å². The first-order chi connectivity index (χ1) is 14.0. The average Bonchev–Trinajstić information content (AvgIpc) is 2.70. The monoisotopic (exact) mass is 567 g/mol. The zero-order valence-corrected chi connectivity index (χ0v) is 21.1. The Balaban J connectivity index is 0.00000450. The minimum absolute atomic E-state index is 0. The second-order valence-electron chi connectivity index (χ2n) is 6.28. The molecule has 6 nitrogen and oxygen atoms in total. The van der Waals surface area contributed by atoms with E-state index in [-0.39, 0.29) is 43.2 Å². The first-order valence-electron chi connectivity index (χ1n) is 9.38. The molecule has 0 aromatic heterocycles. The third-order valence-corrected chi connectivity index (χ3v) is 4.69. The summed E-state index contributed by atoms with van der Waals surface area (Å²) < 4.78 is 10.8. The van der Waals surface area contributed by atoms with Crippen LogP contribution in [0.25, 0.3) is 0 Å². The fourth-order valence-corrected chi connectivity index (χ4v) is 3.28. The molecule has 9 heteroatoms. The van der Waals surface area contributed by atoms with E-state index in [9.17, 15) is 0 Å². The van der Waals surface area contributed by atoms with Gasteiger partial charge >= 0.3 is 0 Å². The van der Waals surface area contributed by atoms with Crippen LogP contribution in [-0.2, 0) is 6.54 Å². The summed E-state index contributed by atoms with van der Waals surface area (Å²) in [6.07, 6.45) is 0. The normalized spacial score (nSPS) is 12.0. The van der Waals surface area contributed by atoms with Gasteiger partial charge in [0.2, 0.25) is 0 Å². The third-order valence-electron chi connectivity index (χ3n) is 4.12. The van der Waals surface area contributed by atoms with E-state index in [1.54, 1.807) is 13.2 Å². The molecule has 0 bridgehead atoms. The molecular weight excluding hydrogens is 540 g/mol. The maximum absolute atomic E-state index is 8.91. The predicted molar refractivity (Wildman–Crippen MR) is 134 cm³/mol. The number of nitrogens with one attached hydrogen (secondary N) is 2. The van der Waals surface area contributed by atoms with Gasteiger partial charge < -0.3 is 25.2 Å². The maximum Gasteiger partial charge on any atom is 0.192 e. The summed E-state index contributed by atoms with van der Waals surface area (Å²) in [7, 11) is 1.58. The Kier molecular flexibility index (Phi) is 12.2. The number of rotatable bonds is 9. The van der Waals surface area contributed by atoms with Crippen molar-refractivity contribution in [1.29, 1.82) is 0 Å². The summed E-state index contributed by atoms with van der Waals surface area (Å²) >= 11 is 12.3. The third kappa shape index (κ3) is 8.02. The standard InChI is InChI=1S/C21H27Cl2N3O3.HI/c1-4-24-21(26-14(2)17-7-6-16(22)12-18(17)23)25-13-15-5-8-19(29-10-9-27)20(11-15)28-3;/h5-8,11-12,14,27H,4,9-10,13H2,1-3H3,(H2,24,25,26);1H. The number of ether oxygens (including phenoxy) is 2.